The average Bonchev–Trinajstić information content (AvgIpc) is 2.77. The zero-order valence-electron chi connectivity index (χ0n) is 12.6. The Morgan fingerprint density at radius 1 is 1.41 bits per heavy atom. The minimum absolute atomic E-state index is 0.104. The van der Waals surface area contributed by atoms with E-state index in [1.807, 2.05) is 44.2 Å². The molecule has 1 heterocycles. The van der Waals surface area contributed by atoms with Crippen molar-refractivity contribution >= 4 is 29.5 Å². The molecule has 2 aromatic rings. The van der Waals surface area contributed by atoms with Gasteiger partial charge in [0.1, 0.15) is 0 Å². The van der Waals surface area contributed by atoms with Gasteiger partial charge in [0, 0.05) is 17.0 Å². The Morgan fingerprint density at radius 3 is 2.68 bits per heavy atom. The molecule has 0 radical (unpaired) electrons. The number of aromatic amines is 1. The van der Waals surface area contributed by atoms with E-state index in [9.17, 15) is 9.90 Å². The number of carbonyl (C=O) groups is 1. The molecular formula is C16H20N2O2S2. The fraction of sp³-hybridized carbons (Fsp3) is 0.375. The summed E-state index contributed by atoms with van der Waals surface area (Å²) in [5.74, 6) is -0.104. The summed E-state index contributed by atoms with van der Waals surface area (Å²) in [5, 5.41) is 13.1. The molecule has 1 amide bonds. The van der Waals surface area contributed by atoms with Gasteiger partial charge in [0.25, 0.3) is 0 Å². The van der Waals surface area contributed by atoms with Crippen molar-refractivity contribution in [3.8, 4) is 0 Å². The second-order valence-electron chi connectivity index (χ2n) is 5.35. The van der Waals surface area contributed by atoms with Crippen molar-refractivity contribution < 1.29 is 9.90 Å². The van der Waals surface area contributed by atoms with E-state index in [1.54, 1.807) is 0 Å². The van der Waals surface area contributed by atoms with Crippen LogP contribution in [0.25, 0.3) is 0 Å². The Morgan fingerprint density at radius 2 is 2.09 bits per heavy atom. The third-order valence-electron chi connectivity index (χ3n) is 3.50. The summed E-state index contributed by atoms with van der Waals surface area (Å²) in [6.45, 7) is 3.72. The molecule has 1 aromatic carbocycles. The summed E-state index contributed by atoms with van der Waals surface area (Å²) in [6.07, 6.45) is 0.188. The van der Waals surface area contributed by atoms with Crippen LogP contribution in [0.2, 0.25) is 0 Å². The summed E-state index contributed by atoms with van der Waals surface area (Å²) in [4.78, 5) is 16.0. The summed E-state index contributed by atoms with van der Waals surface area (Å²) in [6, 6.07) is 9.44. The molecule has 22 heavy (non-hydrogen) atoms. The normalized spacial score (nSPS) is 13.6. The first-order chi connectivity index (χ1) is 10.5. The van der Waals surface area contributed by atoms with Gasteiger partial charge in [-0.2, -0.15) is 0 Å². The number of carbonyl (C=O) groups excluding carboxylic acids is 1. The van der Waals surface area contributed by atoms with Crippen LogP contribution in [0.1, 0.15) is 23.1 Å². The third-order valence-corrected chi connectivity index (χ3v) is 4.83. The molecule has 0 aliphatic rings. The number of thiazole rings is 1. The molecule has 0 saturated heterocycles. The van der Waals surface area contributed by atoms with Crippen molar-refractivity contribution in [3.05, 3.63) is 50.4 Å². The van der Waals surface area contributed by atoms with Gasteiger partial charge >= 0.3 is 0 Å². The molecule has 0 bridgehead atoms. The average molecular weight is 336 g/mol. The van der Waals surface area contributed by atoms with Crippen molar-refractivity contribution in [1.29, 1.82) is 0 Å². The number of nitrogens with one attached hydrogen (secondary N) is 2. The largest absolute Gasteiger partial charge is 0.391 e. The maximum Gasteiger partial charge on any atom is 0.225 e. The van der Waals surface area contributed by atoms with Crippen molar-refractivity contribution in [2.45, 2.75) is 38.8 Å². The lowest BCUT2D eigenvalue weighted by molar-refractivity contribution is -0.121. The number of aliphatic hydroxyl groups is 1. The SMILES string of the molecule is Cc1[nH]c(=S)sc1CC(=O)NC(C)C(O)Cc1ccccc1. The first-order valence-electron chi connectivity index (χ1n) is 7.15. The van der Waals surface area contributed by atoms with Crippen molar-refractivity contribution in [1.82, 2.24) is 10.3 Å². The van der Waals surface area contributed by atoms with E-state index in [-0.39, 0.29) is 18.4 Å². The lowest BCUT2D eigenvalue weighted by atomic mass is 10.0. The van der Waals surface area contributed by atoms with Crippen LogP contribution in [-0.2, 0) is 17.6 Å². The van der Waals surface area contributed by atoms with Crippen molar-refractivity contribution in [3.63, 3.8) is 0 Å². The number of amides is 1. The molecule has 0 fully saturated rings. The molecule has 3 N–H and O–H groups in total. The highest BCUT2D eigenvalue weighted by Gasteiger charge is 2.18. The molecule has 0 spiro atoms. The zero-order valence-corrected chi connectivity index (χ0v) is 14.3. The molecule has 1 aromatic heterocycles. The molecule has 118 valence electrons. The second kappa shape index (κ2) is 7.67. The topological polar surface area (TPSA) is 65.1 Å². The predicted molar refractivity (Wildman–Crippen MR) is 91.7 cm³/mol. The minimum atomic E-state index is -0.614. The molecule has 2 rings (SSSR count). The van der Waals surface area contributed by atoms with E-state index >= 15 is 0 Å². The van der Waals surface area contributed by atoms with Crippen LogP contribution in [0.15, 0.2) is 30.3 Å². The Kier molecular flexibility index (Phi) is 5.88. The monoisotopic (exact) mass is 336 g/mol. The van der Waals surface area contributed by atoms with E-state index in [0.29, 0.717) is 10.4 Å². The van der Waals surface area contributed by atoms with Gasteiger partial charge in [0.05, 0.1) is 18.6 Å². The molecular weight excluding hydrogens is 316 g/mol. The highest BCUT2D eigenvalue weighted by Crippen LogP contribution is 2.15. The Bertz CT molecular complexity index is 679. The number of hydrogen-bond acceptors (Lipinski definition) is 4. The Hall–Kier alpha value is -1.50. The van der Waals surface area contributed by atoms with Crippen LogP contribution in [0.3, 0.4) is 0 Å². The van der Waals surface area contributed by atoms with Gasteiger partial charge in [0.2, 0.25) is 5.91 Å². The quantitative estimate of drug-likeness (QED) is 0.711. The number of aliphatic hydroxyl groups excluding tert-OH is 1. The summed E-state index contributed by atoms with van der Waals surface area (Å²) in [7, 11) is 0. The second-order valence-corrected chi connectivity index (χ2v) is 7.12. The maximum atomic E-state index is 12.1. The van der Waals surface area contributed by atoms with Crippen molar-refractivity contribution in [2.75, 3.05) is 0 Å². The highest BCUT2D eigenvalue weighted by atomic mass is 32.1. The van der Waals surface area contributed by atoms with Gasteiger partial charge in [-0.05, 0) is 31.6 Å². The molecule has 0 aliphatic carbocycles. The van der Waals surface area contributed by atoms with Crippen LogP contribution in [0.5, 0.6) is 0 Å². The molecule has 2 atom stereocenters. The van der Waals surface area contributed by atoms with Crippen LogP contribution >= 0.6 is 23.6 Å². The minimum Gasteiger partial charge on any atom is -0.391 e. The summed E-state index contributed by atoms with van der Waals surface area (Å²) < 4.78 is 0.678. The number of rotatable bonds is 6. The number of benzene rings is 1. The molecule has 6 heteroatoms. The maximum absolute atomic E-state index is 12.1. The fourth-order valence-corrected chi connectivity index (χ4v) is 3.47. The van der Waals surface area contributed by atoms with Crippen LogP contribution in [-0.4, -0.2) is 28.1 Å². The van der Waals surface area contributed by atoms with Gasteiger partial charge in [-0.3, -0.25) is 4.79 Å². The number of hydrogen-bond donors (Lipinski definition) is 3. The van der Waals surface area contributed by atoms with Gasteiger partial charge in [-0.1, -0.05) is 30.3 Å². The van der Waals surface area contributed by atoms with Gasteiger partial charge in [-0.15, -0.1) is 11.3 Å². The first kappa shape index (κ1) is 16.9. The van der Waals surface area contributed by atoms with Gasteiger partial charge in [0.15, 0.2) is 3.95 Å². The van der Waals surface area contributed by atoms with Crippen LogP contribution < -0.4 is 5.32 Å². The first-order valence-corrected chi connectivity index (χ1v) is 8.38. The van der Waals surface area contributed by atoms with E-state index in [0.717, 1.165) is 16.1 Å². The fourth-order valence-electron chi connectivity index (χ4n) is 2.18. The van der Waals surface area contributed by atoms with E-state index in [1.165, 1.54) is 11.3 Å². The van der Waals surface area contributed by atoms with Gasteiger partial charge < -0.3 is 15.4 Å². The number of aromatic nitrogens is 1. The lowest BCUT2D eigenvalue weighted by Crippen LogP contribution is -2.42. The standard InChI is InChI=1S/C16H20N2O2S2/c1-10(13(19)8-12-6-4-3-5-7-12)17-15(20)9-14-11(2)18-16(21)22-14/h3-7,10,13,19H,8-9H2,1-2H3,(H,17,20)(H,18,21). The lowest BCUT2D eigenvalue weighted by Gasteiger charge is -2.20. The third kappa shape index (κ3) is 4.76. The molecule has 0 saturated carbocycles. The predicted octanol–water partition coefficient (Wildman–Crippen LogP) is 2.76. The molecule has 2 unspecified atom stereocenters. The summed E-state index contributed by atoms with van der Waals surface area (Å²) in [5.41, 5.74) is 1.98. The summed E-state index contributed by atoms with van der Waals surface area (Å²) >= 11 is 6.48. The number of aryl methyl sites for hydroxylation is 1. The Balaban J connectivity index is 1.88. The van der Waals surface area contributed by atoms with E-state index in [2.05, 4.69) is 10.3 Å². The molecule has 0 aliphatic heterocycles. The van der Waals surface area contributed by atoms with Gasteiger partial charge in [-0.25, -0.2) is 0 Å². The van der Waals surface area contributed by atoms with Crippen LogP contribution in [0, 0.1) is 10.9 Å². The number of H-pyrrole nitrogens is 1. The Labute approximate surface area is 139 Å². The smallest absolute Gasteiger partial charge is 0.225 e. The van der Waals surface area contributed by atoms with Crippen LogP contribution in [0.4, 0.5) is 0 Å². The molecule has 4 nitrogen and oxygen atoms in total. The zero-order chi connectivity index (χ0) is 16.1. The van der Waals surface area contributed by atoms with E-state index < -0.39 is 6.10 Å². The van der Waals surface area contributed by atoms with Crippen molar-refractivity contribution in [2.24, 2.45) is 0 Å². The highest BCUT2D eigenvalue weighted by molar-refractivity contribution is 7.73. The van der Waals surface area contributed by atoms with E-state index in [4.69, 9.17) is 12.2 Å².